The largest absolute Gasteiger partial charge is 0.444 e. The Labute approximate surface area is 139 Å². The minimum atomic E-state index is -0.483. The number of carbonyl (C=O) groups is 2. The Kier molecular flexibility index (Phi) is 5.37. The summed E-state index contributed by atoms with van der Waals surface area (Å²) >= 11 is 0. The summed E-state index contributed by atoms with van der Waals surface area (Å²) in [5, 5.41) is 6.20. The first-order valence-electron chi connectivity index (χ1n) is 8.65. The number of ether oxygens (including phenoxy) is 1. The zero-order chi connectivity index (χ0) is 17.1. The van der Waals surface area contributed by atoms with Gasteiger partial charge >= 0.3 is 6.09 Å². The van der Waals surface area contributed by atoms with Gasteiger partial charge in [-0.2, -0.15) is 0 Å². The van der Waals surface area contributed by atoms with Gasteiger partial charge in [0.05, 0.1) is 0 Å². The molecule has 0 aliphatic heterocycles. The molecule has 0 bridgehead atoms. The van der Waals surface area contributed by atoms with Crippen molar-refractivity contribution in [3.8, 4) is 0 Å². The number of hydrogen-bond acceptors (Lipinski definition) is 3. The summed E-state index contributed by atoms with van der Waals surface area (Å²) in [7, 11) is 0. The molecule has 2 N–H and O–H groups in total. The van der Waals surface area contributed by atoms with E-state index in [1.807, 2.05) is 26.8 Å². The molecule has 130 valence electrons. The van der Waals surface area contributed by atoms with Crippen LogP contribution in [0.3, 0.4) is 0 Å². The van der Waals surface area contributed by atoms with Gasteiger partial charge in [-0.25, -0.2) is 4.79 Å². The number of amides is 2. The standard InChI is InChI=1S/C18H30N2O3/c1-5-10-18(20-15(21)13-6-7-13)11-8-14(9-12-18)19-16(22)23-17(2,3)4/h5,13-14H,1,6-12H2,2-4H3,(H,19,22)(H,20,21). The molecule has 2 amide bonds. The average Bonchev–Trinajstić information content (AvgIpc) is 3.24. The normalized spacial score (nSPS) is 27.9. The van der Waals surface area contributed by atoms with Crippen molar-refractivity contribution in [3.05, 3.63) is 12.7 Å². The molecule has 5 heteroatoms. The molecule has 2 saturated carbocycles. The lowest BCUT2D eigenvalue weighted by Crippen LogP contribution is -2.53. The third-order valence-corrected chi connectivity index (χ3v) is 4.54. The van der Waals surface area contributed by atoms with Crippen LogP contribution in [0.2, 0.25) is 0 Å². The van der Waals surface area contributed by atoms with Crippen LogP contribution in [0.4, 0.5) is 4.79 Å². The van der Waals surface area contributed by atoms with Gasteiger partial charge < -0.3 is 15.4 Å². The van der Waals surface area contributed by atoms with Gasteiger partial charge in [-0.3, -0.25) is 4.79 Å². The monoisotopic (exact) mass is 322 g/mol. The Balaban J connectivity index is 1.85. The maximum atomic E-state index is 12.1. The van der Waals surface area contributed by atoms with E-state index in [1.54, 1.807) is 0 Å². The molecule has 0 aromatic heterocycles. The lowest BCUT2D eigenvalue weighted by atomic mass is 9.77. The van der Waals surface area contributed by atoms with Gasteiger partial charge in [-0.1, -0.05) is 6.08 Å². The molecule has 2 aliphatic rings. The van der Waals surface area contributed by atoms with E-state index >= 15 is 0 Å². The van der Waals surface area contributed by atoms with Crippen LogP contribution in [0.5, 0.6) is 0 Å². The Hall–Kier alpha value is -1.52. The second-order valence-electron chi connectivity index (χ2n) is 7.96. The lowest BCUT2D eigenvalue weighted by molar-refractivity contribution is -0.124. The van der Waals surface area contributed by atoms with Crippen molar-refractivity contribution >= 4 is 12.0 Å². The number of hydrogen-bond donors (Lipinski definition) is 2. The molecule has 0 saturated heterocycles. The predicted octanol–water partition coefficient (Wildman–Crippen LogP) is 3.29. The van der Waals surface area contributed by atoms with Crippen molar-refractivity contribution in [2.45, 2.75) is 82.9 Å². The zero-order valence-corrected chi connectivity index (χ0v) is 14.6. The third kappa shape index (κ3) is 5.56. The predicted molar refractivity (Wildman–Crippen MR) is 90.0 cm³/mol. The second kappa shape index (κ2) is 6.93. The number of alkyl carbamates (subject to hydrolysis) is 1. The molecular weight excluding hydrogens is 292 g/mol. The summed E-state index contributed by atoms with van der Waals surface area (Å²) in [6.45, 7) is 9.41. The van der Waals surface area contributed by atoms with Crippen LogP contribution in [0.1, 0.15) is 65.7 Å². The zero-order valence-electron chi connectivity index (χ0n) is 14.6. The van der Waals surface area contributed by atoms with Gasteiger partial charge in [0.15, 0.2) is 0 Å². The van der Waals surface area contributed by atoms with E-state index in [0.29, 0.717) is 0 Å². The minimum absolute atomic E-state index is 0.112. The molecule has 0 spiro atoms. The molecule has 0 radical (unpaired) electrons. The molecule has 2 aliphatic carbocycles. The van der Waals surface area contributed by atoms with E-state index in [4.69, 9.17) is 4.74 Å². The van der Waals surface area contributed by atoms with Crippen molar-refractivity contribution in [2.24, 2.45) is 5.92 Å². The van der Waals surface area contributed by atoms with E-state index in [9.17, 15) is 9.59 Å². The van der Waals surface area contributed by atoms with E-state index in [-0.39, 0.29) is 29.5 Å². The Morgan fingerprint density at radius 1 is 1.22 bits per heavy atom. The van der Waals surface area contributed by atoms with Crippen molar-refractivity contribution in [1.82, 2.24) is 10.6 Å². The fourth-order valence-corrected chi connectivity index (χ4v) is 3.15. The van der Waals surface area contributed by atoms with Gasteiger partial charge in [0.1, 0.15) is 5.60 Å². The first-order valence-corrected chi connectivity index (χ1v) is 8.65. The first-order chi connectivity index (χ1) is 10.7. The summed E-state index contributed by atoms with van der Waals surface area (Å²) in [4.78, 5) is 24.0. The highest BCUT2D eigenvalue weighted by atomic mass is 16.6. The van der Waals surface area contributed by atoms with Gasteiger partial charge in [0, 0.05) is 17.5 Å². The third-order valence-electron chi connectivity index (χ3n) is 4.54. The molecule has 2 fully saturated rings. The van der Waals surface area contributed by atoms with Gasteiger partial charge in [-0.05, 0) is 65.7 Å². The fourth-order valence-electron chi connectivity index (χ4n) is 3.15. The number of nitrogens with one attached hydrogen (secondary N) is 2. The maximum absolute atomic E-state index is 12.1. The quantitative estimate of drug-likeness (QED) is 0.763. The molecule has 0 heterocycles. The van der Waals surface area contributed by atoms with Gasteiger partial charge in [0.2, 0.25) is 5.91 Å². The number of carbonyl (C=O) groups excluding carboxylic acids is 2. The van der Waals surface area contributed by atoms with E-state index in [0.717, 1.165) is 44.9 Å². The van der Waals surface area contributed by atoms with Crippen molar-refractivity contribution < 1.29 is 14.3 Å². The van der Waals surface area contributed by atoms with Crippen molar-refractivity contribution in [2.75, 3.05) is 0 Å². The van der Waals surface area contributed by atoms with Gasteiger partial charge in [-0.15, -0.1) is 6.58 Å². The highest BCUT2D eigenvalue weighted by molar-refractivity contribution is 5.81. The van der Waals surface area contributed by atoms with Crippen LogP contribution in [0.15, 0.2) is 12.7 Å². The van der Waals surface area contributed by atoms with Crippen LogP contribution in [0.25, 0.3) is 0 Å². The smallest absolute Gasteiger partial charge is 0.407 e. The summed E-state index contributed by atoms with van der Waals surface area (Å²) in [6.07, 6.45) is 7.74. The summed E-state index contributed by atoms with van der Waals surface area (Å²) in [5.74, 6) is 0.403. The molecule has 5 nitrogen and oxygen atoms in total. The van der Waals surface area contributed by atoms with E-state index in [2.05, 4.69) is 17.2 Å². The van der Waals surface area contributed by atoms with Gasteiger partial charge in [0.25, 0.3) is 0 Å². The first kappa shape index (κ1) is 17.8. The van der Waals surface area contributed by atoms with Crippen LogP contribution < -0.4 is 10.6 Å². The maximum Gasteiger partial charge on any atom is 0.407 e. The van der Waals surface area contributed by atoms with Crippen LogP contribution in [0, 0.1) is 5.92 Å². The SMILES string of the molecule is C=CCC1(NC(=O)C2CC2)CCC(NC(=O)OC(C)(C)C)CC1. The van der Waals surface area contributed by atoms with E-state index in [1.165, 1.54) is 0 Å². The summed E-state index contributed by atoms with van der Waals surface area (Å²) < 4.78 is 5.31. The molecular formula is C18H30N2O3. The molecule has 0 atom stereocenters. The molecule has 0 aromatic rings. The Bertz CT molecular complexity index is 455. The fraction of sp³-hybridized carbons (Fsp3) is 0.778. The van der Waals surface area contributed by atoms with Crippen LogP contribution >= 0.6 is 0 Å². The Morgan fingerprint density at radius 2 is 1.83 bits per heavy atom. The molecule has 0 aromatic carbocycles. The highest BCUT2D eigenvalue weighted by Crippen LogP contribution is 2.35. The average molecular weight is 322 g/mol. The van der Waals surface area contributed by atoms with Crippen LogP contribution in [-0.4, -0.2) is 29.2 Å². The molecule has 23 heavy (non-hydrogen) atoms. The summed E-state index contributed by atoms with van der Waals surface area (Å²) in [6, 6.07) is 0.112. The molecule has 2 rings (SSSR count). The van der Waals surface area contributed by atoms with Crippen molar-refractivity contribution in [1.29, 1.82) is 0 Å². The van der Waals surface area contributed by atoms with Crippen molar-refractivity contribution in [3.63, 3.8) is 0 Å². The summed E-state index contributed by atoms with van der Waals surface area (Å²) in [5.41, 5.74) is -0.670. The highest BCUT2D eigenvalue weighted by Gasteiger charge is 2.39. The van der Waals surface area contributed by atoms with E-state index < -0.39 is 5.60 Å². The Morgan fingerprint density at radius 3 is 2.30 bits per heavy atom. The van der Waals surface area contributed by atoms with Crippen LogP contribution in [-0.2, 0) is 9.53 Å². The topological polar surface area (TPSA) is 67.4 Å². The minimum Gasteiger partial charge on any atom is -0.444 e. The second-order valence-corrected chi connectivity index (χ2v) is 7.96. The number of rotatable bonds is 5. The molecule has 0 unspecified atom stereocenters. The lowest BCUT2D eigenvalue weighted by Gasteiger charge is -2.40.